The van der Waals surface area contributed by atoms with E-state index in [0.717, 1.165) is 12.2 Å². The predicted molar refractivity (Wildman–Crippen MR) is 143 cm³/mol. The topological polar surface area (TPSA) is 87.9 Å². The Bertz CT molecular complexity index is 1330. The van der Waals surface area contributed by atoms with Crippen LogP contribution in [0.1, 0.15) is 29.3 Å². The second-order valence-corrected chi connectivity index (χ2v) is 9.21. The van der Waals surface area contributed by atoms with E-state index in [1.165, 1.54) is 6.20 Å². The summed E-state index contributed by atoms with van der Waals surface area (Å²) in [6, 6.07) is 16.0. The number of carbonyl (C=O) groups excluding carboxylic acids is 2. The number of benzene rings is 2. The molecular formula is C29H32N4O4. The Morgan fingerprint density at radius 3 is 2.62 bits per heavy atom. The fraction of sp³-hybridized carbons (Fsp3) is 0.276. The van der Waals surface area contributed by atoms with Crippen LogP contribution < -0.4 is 4.74 Å². The Hall–Kier alpha value is -4.17. The first kappa shape index (κ1) is 25.9. The van der Waals surface area contributed by atoms with Gasteiger partial charge in [-0.1, -0.05) is 43.0 Å². The van der Waals surface area contributed by atoms with Gasteiger partial charge in [-0.25, -0.2) is 4.68 Å². The van der Waals surface area contributed by atoms with Gasteiger partial charge in [0.25, 0.3) is 11.7 Å². The molecule has 0 spiro atoms. The number of aliphatic hydroxyl groups is 1. The van der Waals surface area contributed by atoms with E-state index >= 15 is 0 Å². The third-order valence-corrected chi connectivity index (χ3v) is 6.35. The molecule has 1 saturated heterocycles. The van der Waals surface area contributed by atoms with Gasteiger partial charge in [-0.15, -0.1) is 0 Å². The van der Waals surface area contributed by atoms with Crippen LogP contribution >= 0.6 is 0 Å². The summed E-state index contributed by atoms with van der Waals surface area (Å²) >= 11 is 0. The van der Waals surface area contributed by atoms with Gasteiger partial charge in [-0.05, 0) is 63.8 Å². The van der Waals surface area contributed by atoms with Crippen molar-refractivity contribution < 1.29 is 19.4 Å². The highest BCUT2D eigenvalue weighted by atomic mass is 16.5. The third-order valence-electron chi connectivity index (χ3n) is 6.35. The van der Waals surface area contributed by atoms with E-state index in [2.05, 4.69) is 11.7 Å². The van der Waals surface area contributed by atoms with Crippen LogP contribution in [0.5, 0.6) is 5.75 Å². The number of rotatable bonds is 10. The summed E-state index contributed by atoms with van der Waals surface area (Å²) in [5.41, 5.74) is 2.61. The lowest BCUT2D eigenvalue weighted by Gasteiger charge is -2.26. The largest absolute Gasteiger partial charge is 0.507 e. The quantitative estimate of drug-likeness (QED) is 0.195. The van der Waals surface area contributed by atoms with Gasteiger partial charge in [0.15, 0.2) is 0 Å². The Morgan fingerprint density at radius 2 is 1.92 bits per heavy atom. The number of nitrogens with zero attached hydrogens (tertiary/aromatic N) is 4. The minimum absolute atomic E-state index is 0.0476. The summed E-state index contributed by atoms with van der Waals surface area (Å²) in [7, 11) is 3.92. The van der Waals surface area contributed by atoms with Crippen molar-refractivity contribution in [3.8, 4) is 11.4 Å². The monoisotopic (exact) mass is 500 g/mol. The van der Waals surface area contributed by atoms with Gasteiger partial charge in [0.2, 0.25) is 0 Å². The molecule has 1 atom stereocenters. The van der Waals surface area contributed by atoms with Crippen molar-refractivity contribution in [2.24, 2.45) is 0 Å². The molecule has 2 aromatic carbocycles. The fourth-order valence-electron chi connectivity index (χ4n) is 4.56. The van der Waals surface area contributed by atoms with E-state index in [-0.39, 0.29) is 11.3 Å². The predicted octanol–water partition coefficient (Wildman–Crippen LogP) is 4.12. The molecule has 2 heterocycles. The first-order valence-electron chi connectivity index (χ1n) is 12.2. The zero-order valence-electron chi connectivity index (χ0n) is 21.4. The highest BCUT2D eigenvalue weighted by Crippen LogP contribution is 2.40. The van der Waals surface area contributed by atoms with Crippen LogP contribution in [-0.2, 0) is 9.59 Å². The van der Waals surface area contributed by atoms with Gasteiger partial charge in [0, 0.05) is 6.54 Å². The van der Waals surface area contributed by atoms with Crippen molar-refractivity contribution in [1.82, 2.24) is 19.6 Å². The normalized spacial score (nSPS) is 17.0. The number of ketones is 1. The lowest BCUT2D eigenvalue weighted by molar-refractivity contribution is -0.139. The molecule has 1 aliphatic heterocycles. The second-order valence-electron chi connectivity index (χ2n) is 9.21. The van der Waals surface area contributed by atoms with Crippen LogP contribution in [0, 0.1) is 6.92 Å². The maximum Gasteiger partial charge on any atom is 0.295 e. The summed E-state index contributed by atoms with van der Waals surface area (Å²) < 4.78 is 7.40. The molecule has 1 unspecified atom stereocenters. The number of aliphatic hydroxyl groups excluding tert-OH is 1. The Kier molecular flexibility index (Phi) is 7.89. The molecule has 8 nitrogen and oxygen atoms in total. The van der Waals surface area contributed by atoms with E-state index in [0.29, 0.717) is 42.1 Å². The van der Waals surface area contributed by atoms with Crippen molar-refractivity contribution in [3.63, 3.8) is 0 Å². The maximum absolute atomic E-state index is 13.4. The standard InChI is InChI=1S/C29H32N4O4/c1-5-17-37-23-14-9-11-21(18-23)26-25(28(35)29(36)32(26)16-10-15-31(3)4)27(34)24-19-30-33(20(24)2)22-12-7-6-8-13-22/h5-9,11-14,18-19,26,34H,1,10,15-17H2,2-4H3. The first-order chi connectivity index (χ1) is 17.8. The van der Waals surface area contributed by atoms with Gasteiger partial charge in [-0.2, -0.15) is 5.10 Å². The third kappa shape index (κ3) is 5.34. The first-order valence-corrected chi connectivity index (χ1v) is 12.2. The number of hydrogen-bond acceptors (Lipinski definition) is 6. The number of ether oxygens (including phenoxy) is 1. The zero-order valence-corrected chi connectivity index (χ0v) is 21.4. The zero-order chi connectivity index (χ0) is 26.5. The van der Waals surface area contributed by atoms with E-state index < -0.39 is 17.7 Å². The molecule has 0 radical (unpaired) electrons. The van der Waals surface area contributed by atoms with Crippen LogP contribution in [0.25, 0.3) is 11.4 Å². The minimum atomic E-state index is -0.756. The lowest BCUT2D eigenvalue weighted by atomic mass is 9.95. The molecule has 0 saturated carbocycles. The van der Waals surface area contributed by atoms with E-state index in [1.54, 1.807) is 27.8 Å². The molecule has 1 N–H and O–H groups in total. The average molecular weight is 501 g/mol. The molecule has 4 rings (SSSR count). The van der Waals surface area contributed by atoms with Crippen LogP contribution in [0.15, 0.2) is 79.0 Å². The van der Waals surface area contributed by atoms with Crippen LogP contribution in [0.4, 0.5) is 0 Å². The van der Waals surface area contributed by atoms with Gasteiger partial charge in [-0.3, -0.25) is 9.59 Å². The Balaban J connectivity index is 1.81. The van der Waals surface area contributed by atoms with Crippen molar-refractivity contribution >= 4 is 17.4 Å². The molecule has 8 heteroatoms. The van der Waals surface area contributed by atoms with Crippen LogP contribution in [0.2, 0.25) is 0 Å². The fourth-order valence-corrected chi connectivity index (χ4v) is 4.56. The lowest BCUT2D eigenvalue weighted by Crippen LogP contribution is -2.32. The smallest absolute Gasteiger partial charge is 0.295 e. The number of carbonyl (C=O) groups is 2. The summed E-state index contributed by atoms with van der Waals surface area (Å²) in [5, 5.41) is 15.9. The van der Waals surface area contributed by atoms with Crippen molar-refractivity contribution in [2.45, 2.75) is 19.4 Å². The molecule has 37 heavy (non-hydrogen) atoms. The Labute approximate surface area is 217 Å². The summed E-state index contributed by atoms with van der Waals surface area (Å²) in [6.45, 7) is 6.94. The molecule has 0 bridgehead atoms. The highest BCUT2D eigenvalue weighted by molar-refractivity contribution is 6.46. The minimum Gasteiger partial charge on any atom is -0.507 e. The van der Waals surface area contributed by atoms with Gasteiger partial charge in [0.05, 0.1) is 34.8 Å². The second kappa shape index (κ2) is 11.3. The number of hydrogen-bond donors (Lipinski definition) is 1. The number of para-hydroxylation sites is 1. The average Bonchev–Trinajstić information content (AvgIpc) is 3.40. The summed E-state index contributed by atoms with van der Waals surface area (Å²) in [4.78, 5) is 30.2. The maximum atomic E-state index is 13.4. The van der Waals surface area contributed by atoms with Crippen molar-refractivity contribution in [2.75, 3.05) is 33.8 Å². The molecule has 1 fully saturated rings. The summed E-state index contributed by atoms with van der Waals surface area (Å²) in [5.74, 6) is -0.993. The molecule has 1 aromatic heterocycles. The number of Topliss-reactive ketones (excluding diaryl/α,β-unsaturated/α-hetero) is 1. The number of amides is 1. The molecule has 1 amide bonds. The number of likely N-dealkylation sites (tertiary alicyclic amines) is 1. The Morgan fingerprint density at radius 1 is 1.16 bits per heavy atom. The van der Waals surface area contributed by atoms with Crippen molar-refractivity contribution in [1.29, 1.82) is 0 Å². The highest BCUT2D eigenvalue weighted by Gasteiger charge is 2.46. The van der Waals surface area contributed by atoms with Gasteiger partial charge < -0.3 is 19.6 Å². The van der Waals surface area contributed by atoms with Gasteiger partial charge >= 0.3 is 0 Å². The van der Waals surface area contributed by atoms with Gasteiger partial charge in [0.1, 0.15) is 18.1 Å². The van der Waals surface area contributed by atoms with E-state index in [4.69, 9.17) is 4.74 Å². The molecule has 1 aliphatic rings. The summed E-state index contributed by atoms with van der Waals surface area (Å²) in [6.07, 6.45) is 3.85. The van der Waals surface area contributed by atoms with Crippen LogP contribution in [-0.4, -0.2) is 70.2 Å². The SMILES string of the molecule is C=CCOc1cccc(C2C(=C(O)c3cnn(-c4ccccc4)c3C)C(=O)C(=O)N2CCCN(C)C)c1. The number of aromatic nitrogens is 2. The van der Waals surface area contributed by atoms with E-state index in [1.807, 2.05) is 68.4 Å². The molecule has 3 aromatic rings. The van der Waals surface area contributed by atoms with Crippen molar-refractivity contribution in [3.05, 3.63) is 95.8 Å². The molecular weight excluding hydrogens is 468 g/mol. The van der Waals surface area contributed by atoms with E-state index in [9.17, 15) is 14.7 Å². The van der Waals surface area contributed by atoms with Crippen LogP contribution in [0.3, 0.4) is 0 Å². The molecule has 0 aliphatic carbocycles. The molecule has 192 valence electrons.